The predicted molar refractivity (Wildman–Crippen MR) is 51.5 cm³/mol. The zero-order valence-corrected chi connectivity index (χ0v) is 8.70. The number of hydrogen-bond donors (Lipinski definition) is 1. The maximum atomic E-state index is 12.5. The van der Waals surface area contributed by atoms with Gasteiger partial charge < -0.3 is 9.84 Å². The molecule has 76 valence electrons. The first kappa shape index (κ1) is 11.1. The van der Waals surface area contributed by atoms with E-state index >= 15 is 0 Å². The van der Waals surface area contributed by atoms with Crippen LogP contribution in [0.25, 0.3) is 0 Å². The fourth-order valence-corrected chi connectivity index (χ4v) is 1.25. The average molecular weight is 263 g/mol. The van der Waals surface area contributed by atoms with Gasteiger partial charge in [0, 0.05) is 4.47 Å². The lowest BCUT2D eigenvalue weighted by Gasteiger charge is -2.06. The number of aliphatic carboxylic acids is 1. The Kier molecular flexibility index (Phi) is 4.03. The van der Waals surface area contributed by atoms with E-state index in [9.17, 15) is 9.18 Å². The van der Waals surface area contributed by atoms with E-state index in [-0.39, 0.29) is 6.61 Å². The number of carbonyl (C=O) groups is 1. The van der Waals surface area contributed by atoms with E-state index in [2.05, 4.69) is 20.7 Å². The summed E-state index contributed by atoms with van der Waals surface area (Å²) in [7, 11) is 0. The number of carboxylic acids is 1. The van der Waals surface area contributed by atoms with Crippen LogP contribution in [0.15, 0.2) is 28.7 Å². The molecular weight excluding hydrogens is 255 g/mol. The molecule has 0 amide bonds. The topological polar surface area (TPSA) is 46.5 Å². The predicted octanol–water partition coefficient (Wildman–Crippen LogP) is 2.35. The summed E-state index contributed by atoms with van der Waals surface area (Å²) in [5.74, 6) is -1.61. The fourth-order valence-electron chi connectivity index (χ4n) is 0.850. The largest absolute Gasteiger partial charge is 0.477 e. The molecule has 0 saturated heterocycles. The second-order valence-electron chi connectivity index (χ2n) is 2.56. The van der Waals surface area contributed by atoms with Gasteiger partial charge in [0.05, 0.1) is 6.61 Å². The highest BCUT2D eigenvalue weighted by atomic mass is 79.9. The van der Waals surface area contributed by atoms with E-state index in [1.807, 2.05) is 0 Å². The van der Waals surface area contributed by atoms with Gasteiger partial charge in [0.15, 0.2) is 0 Å². The zero-order valence-electron chi connectivity index (χ0n) is 7.11. The van der Waals surface area contributed by atoms with Crippen molar-refractivity contribution in [1.82, 2.24) is 0 Å². The first-order chi connectivity index (χ1) is 6.61. The first-order valence-corrected chi connectivity index (χ1v) is 4.62. The van der Waals surface area contributed by atoms with Gasteiger partial charge in [-0.15, -0.1) is 0 Å². The third-order valence-corrected chi connectivity index (χ3v) is 2.31. The summed E-state index contributed by atoms with van der Waals surface area (Å²) >= 11 is 3.23. The van der Waals surface area contributed by atoms with E-state index in [4.69, 9.17) is 5.11 Å². The van der Waals surface area contributed by atoms with Crippen molar-refractivity contribution in [2.45, 2.75) is 13.0 Å². The van der Waals surface area contributed by atoms with Crippen molar-refractivity contribution in [3.63, 3.8) is 0 Å². The molecule has 0 aliphatic heterocycles. The van der Waals surface area contributed by atoms with Crippen molar-refractivity contribution in [2.24, 2.45) is 0 Å². The highest BCUT2D eigenvalue weighted by Crippen LogP contribution is 2.17. The molecule has 0 aliphatic carbocycles. The highest BCUT2D eigenvalue weighted by Gasteiger charge is 2.15. The fraction of sp³-hybridized carbons (Fsp3) is 0.222. The summed E-state index contributed by atoms with van der Waals surface area (Å²) in [5, 5.41) is 8.22. The minimum absolute atomic E-state index is 0.0745. The summed E-state index contributed by atoms with van der Waals surface area (Å²) in [6.45, 7) is -0.0745. The number of ether oxygens (including phenoxy) is 1. The number of alkyl halides is 1. The van der Waals surface area contributed by atoms with Crippen molar-refractivity contribution in [2.75, 3.05) is 0 Å². The van der Waals surface area contributed by atoms with Crippen LogP contribution in [-0.2, 0) is 16.1 Å². The van der Waals surface area contributed by atoms with Gasteiger partial charge in [-0.05, 0) is 11.6 Å². The molecular formula is C9H8BrFO3. The van der Waals surface area contributed by atoms with Gasteiger partial charge in [0.25, 0.3) is 6.36 Å². The molecule has 0 aliphatic rings. The third-order valence-electron chi connectivity index (χ3n) is 1.54. The van der Waals surface area contributed by atoms with Crippen molar-refractivity contribution in [1.29, 1.82) is 0 Å². The van der Waals surface area contributed by atoms with Crippen molar-refractivity contribution < 1.29 is 19.0 Å². The molecule has 3 nitrogen and oxygen atoms in total. The summed E-state index contributed by atoms with van der Waals surface area (Å²) in [4.78, 5) is 10.1. The standard InChI is InChI=1S/C9H8BrFO3/c10-7-4-2-1-3-6(7)5-14-8(11)9(12)13/h1-4,8H,5H2,(H,12,13). The maximum Gasteiger partial charge on any atom is 0.366 e. The second kappa shape index (κ2) is 5.07. The lowest BCUT2D eigenvalue weighted by atomic mass is 10.2. The molecule has 1 aromatic rings. The normalized spacial score (nSPS) is 12.4. The SMILES string of the molecule is O=C(O)C(F)OCc1ccccc1Br. The summed E-state index contributed by atoms with van der Waals surface area (Å²) in [6, 6.07) is 7.06. The van der Waals surface area contributed by atoms with E-state index < -0.39 is 12.3 Å². The van der Waals surface area contributed by atoms with Crippen LogP contribution in [0.3, 0.4) is 0 Å². The monoisotopic (exact) mass is 262 g/mol. The molecule has 5 heteroatoms. The van der Waals surface area contributed by atoms with Gasteiger partial charge >= 0.3 is 5.97 Å². The quantitative estimate of drug-likeness (QED) is 0.906. The zero-order chi connectivity index (χ0) is 10.6. The Bertz CT molecular complexity index is 330. The van der Waals surface area contributed by atoms with Crippen LogP contribution in [0.5, 0.6) is 0 Å². The van der Waals surface area contributed by atoms with Crippen molar-refractivity contribution in [3.8, 4) is 0 Å². The molecule has 0 bridgehead atoms. The molecule has 0 saturated carbocycles. The van der Waals surface area contributed by atoms with E-state index in [1.54, 1.807) is 24.3 Å². The average Bonchev–Trinajstić information content (AvgIpc) is 2.16. The molecule has 0 radical (unpaired) electrons. The van der Waals surface area contributed by atoms with Crippen LogP contribution in [0.1, 0.15) is 5.56 Å². The smallest absolute Gasteiger partial charge is 0.366 e. The Labute approximate surface area is 88.6 Å². The van der Waals surface area contributed by atoms with E-state index in [0.717, 1.165) is 4.47 Å². The molecule has 1 atom stereocenters. The molecule has 1 unspecified atom stereocenters. The summed E-state index contributed by atoms with van der Waals surface area (Å²) in [5.41, 5.74) is 0.705. The van der Waals surface area contributed by atoms with Crippen LogP contribution in [0, 0.1) is 0 Å². The van der Waals surface area contributed by atoms with Crippen LogP contribution in [-0.4, -0.2) is 17.4 Å². The van der Waals surface area contributed by atoms with Gasteiger partial charge in [0.1, 0.15) is 0 Å². The first-order valence-electron chi connectivity index (χ1n) is 3.83. The molecule has 1 rings (SSSR count). The van der Waals surface area contributed by atoms with Gasteiger partial charge in [0.2, 0.25) is 0 Å². The molecule has 0 aromatic heterocycles. The van der Waals surface area contributed by atoms with Gasteiger partial charge in [-0.2, -0.15) is 0 Å². The lowest BCUT2D eigenvalue weighted by Crippen LogP contribution is -2.18. The van der Waals surface area contributed by atoms with Gasteiger partial charge in [-0.3, -0.25) is 0 Å². The summed E-state index contributed by atoms with van der Waals surface area (Å²) < 4.78 is 17.7. The second-order valence-corrected chi connectivity index (χ2v) is 3.41. The van der Waals surface area contributed by atoms with Crippen molar-refractivity contribution >= 4 is 21.9 Å². The van der Waals surface area contributed by atoms with Crippen molar-refractivity contribution in [3.05, 3.63) is 34.3 Å². The van der Waals surface area contributed by atoms with Crippen LogP contribution < -0.4 is 0 Å². The maximum absolute atomic E-state index is 12.5. The lowest BCUT2D eigenvalue weighted by molar-refractivity contribution is -0.164. The number of halogens is 2. The molecule has 0 spiro atoms. The van der Waals surface area contributed by atoms with Crippen LogP contribution in [0.4, 0.5) is 4.39 Å². The van der Waals surface area contributed by atoms with Gasteiger partial charge in [-0.1, -0.05) is 34.1 Å². The molecule has 0 fully saturated rings. The highest BCUT2D eigenvalue weighted by molar-refractivity contribution is 9.10. The number of carboxylic acid groups (broad SMARTS) is 1. The third kappa shape index (κ3) is 3.08. The molecule has 14 heavy (non-hydrogen) atoms. The molecule has 0 heterocycles. The number of rotatable bonds is 4. The molecule has 1 aromatic carbocycles. The number of benzene rings is 1. The summed E-state index contributed by atoms with van der Waals surface area (Å²) in [6.07, 6.45) is -2.28. The number of hydrogen-bond acceptors (Lipinski definition) is 2. The Morgan fingerprint density at radius 3 is 2.79 bits per heavy atom. The van der Waals surface area contributed by atoms with Crippen LogP contribution in [0.2, 0.25) is 0 Å². The van der Waals surface area contributed by atoms with E-state index in [0.29, 0.717) is 5.56 Å². The van der Waals surface area contributed by atoms with Crippen LogP contribution >= 0.6 is 15.9 Å². The Morgan fingerprint density at radius 1 is 1.57 bits per heavy atom. The Balaban J connectivity index is 2.54. The minimum atomic E-state index is -2.28. The minimum Gasteiger partial charge on any atom is -0.477 e. The van der Waals surface area contributed by atoms with E-state index in [1.165, 1.54) is 0 Å². The Morgan fingerprint density at radius 2 is 2.21 bits per heavy atom. The Hall–Kier alpha value is -0.940. The molecule has 1 N–H and O–H groups in total. The van der Waals surface area contributed by atoms with Gasteiger partial charge in [-0.25, -0.2) is 9.18 Å².